The first kappa shape index (κ1) is 11.5. The first-order valence-electron chi connectivity index (χ1n) is 5.74. The van der Waals surface area contributed by atoms with Crippen molar-refractivity contribution in [2.24, 2.45) is 7.05 Å². The van der Waals surface area contributed by atoms with E-state index < -0.39 is 0 Å². The third-order valence-electron chi connectivity index (χ3n) is 2.42. The van der Waals surface area contributed by atoms with Crippen LogP contribution in [0, 0.1) is 0 Å². The number of hydrogen-bond donors (Lipinski definition) is 1. The van der Waals surface area contributed by atoms with Crippen molar-refractivity contribution in [3.05, 3.63) is 42.2 Å². The van der Waals surface area contributed by atoms with Crippen LogP contribution in [0.2, 0.25) is 0 Å². The van der Waals surface area contributed by atoms with Crippen molar-refractivity contribution in [3.8, 4) is 5.75 Å². The van der Waals surface area contributed by atoms with Gasteiger partial charge in [-0.1, -0.05) is 12.1 Å². The van der Waals surface area contributed by atoms with Crippen LogP contribution in [0.5, 0.6) is 5.75 Å². The highest BCUT2D eigenvalue weighted by Crippen LogP contribution is 2.23. The molecule has 0 aliphatic carbocycles. The topological polar surface area (TPSA) is 39.1 Å². The van der Waals surface area contributed by atoms with Gasteiger partial charge in [0.2, 0.25) is 0 Å². The summed E-state index contributed by atoms with van der Waals surface area (Å²) in [4.78, 5) is 0. The van der Waals surface area contributed by atoms with Crippen LogP contribution in [0.25, 0.3) is 0 Å². The van der Waals surface area contributed by atoms with Gasteiger partial charge in [-0.2, -0.15) is 5.10 Å². The second-order valence-electron chi connectivity index (χ2n) is 3.76. The summed E-state index contributed by atoms with van der Waals surface area (Å²) < 4.78 is 7.34. The summed E-state index contributed by atoms with van der Waals surface area (Å²) in [6.07, 6.45) is 1.94. The molecule has 0 radical (unpaired) electrons. The van der Waals surface area contributed by atoms with E-state index in [1.165, 1.54) is 0 Å². The first-order valence-corrected chi connectivity index (χ1v) is 5.74. The highest BCUT2D eigenvalue weighted by molar-refractivity contribution is 5.56. The fraction of sp³-hybridized carbons (Fsp3) is 0.308. The number of para-hydroxylation sites is 2. The molecule has 0 aliphatic rings. The van der Waals surface area contributed by atoms with Gasteiger partial charge in [0.1, 0.15) is 5.75 Å². The number of rotatable bonds is 5. The maximum absolute atomic E-state index is 5.54. The van der Waals surface area contributed by atoms with Crippen molar-refractivity contribution >= 4 is 5.69 Å². The van der Waals surface area contributed by atoms with E-state index in [0.717, 1.165) is 17.1 Å². The molecule has 1 aromatic carbocycles. The van der Waals surface area contributed by atoms with Gasteiger partial charge in [-0.25, -0.2) is 0 Å². The summed E-state index contributed by atoms with van der Waals surface area (Å²) in [7, 11) is 1.91. The third-order valence-corrected chi connectivity index (χ3v) is 2.42. The van der Waals surface area contributed by atoms with Gasteiger partial charge in [-0.3, -0.25) is 4.68 Å². The average molecular weight is 231 g/mol. The van der Waals surface area contributed by atoms with Crippen LogP contribution in [0.4, 0.5) is 5.69 Å². The van der Waals surface area contributed by atoms with Gasteiger partial charge in [-0.05, 0) is 25.1 Å². The van der Waals surface area contributed by atoms with E-state index in [-0.39, 0.29) is 0 Å². The van der Waals surface area contributed by atoms with Gasteiger partial charge >= 0.3 is 0 Å². The molecule has 0 fully saturated rings. The summed E-state index contributed by atoms with van der Waals surface area (Å²) in [6.45, 7) is 3.35. The minimum absolute atomic E-state index is 0.669. The number of aromatic nitrogens is 2. The lowest BCUT2D eigenvalue weighted by Gasteiger charge is -2.11. The number of aryl methyl sites for hydroxylation is 1. The Morgan fingerprint density at radius 1 is 1.29 bits per heavy atom. The number of hydrogen-bond acceptors (Lipinski definition) is 3. The van der Waals surface area contributed by atoms with Crippen molar-refractivity contribution in [2.45, 2.75) is 13.5 Å². The van der Waals surface area contributed by atoms with Gasteiger partial charge in [0.15, 0.2) is 0 Å². The number of anilines is 1. The molecular weight excluding hydrogens is 214 g/mol. The van der Waals surface area contributed by atoms with Crippen LogP contribution in [-0.2, 0) is 13.6 Å². The zero-order valence-electron chi connectivity index (χ0n) is 10.2. The second-order valence-corrected chi connectivity index (χ2v) is 3.76. The molecule has 4 heteroatoms. The number of benzene rings is 1. The highest BCUT2D eigenvalue weighted by Gasteiger charge is 2.02. The van der Waals surface area contributed by atoms with E-state index in [9.17, 15) is 0 Å². The van der Waals surface area contributed by atoms with E-state index in [4.69, 9.17) is 4.74 Å². The molecule has 90 valence electrons. The van der Waals surface area contributed by atoms with Crippen molar-refractivity contribution in [1.82, 2.24) is 9.78 Å². The Bertz CT molecular complexity index is 479. The molecule has 17 heavy (non-hydrogen) atoms. The van der Waals surface area contributed by atoms with E-state index in [2.05, 4.69) is 10.4 Å². The Kier molecular flexibility index (Phi) is 3.65. The molecule has 1 N–H and O–H groups in total. The fourth-order valence-corrected chi connectivity index (χ4v) is 1.64. The van der Waals surface area contributed by atoms with Gasteiger partial charge in [0.25, 0.3) is 0 Å². The van der Waals surface area contributed by atoms with Crippen LogP contribution >= 0.6 is 0 Å². The lowest BCUT2D eigenvalue weighted by atomic mass is 10.3. The zero-order chi connectivity index (χ0) is 12.1. The number of nitrogens with zero attached hydrogens (tertiary/aromatic N) is 2. The second kappa shape index (κ2) is 5.39. The summed E-state index contributed by atoms with van der Waals surface area (Å²) >= 11 is 0. The smallest absolute Gasteiger partial charge is 0.142 e. The Hall–Kier alpha value is -1.97. The molecule has 0 aliphatic heterocycles. The van der Waals surface area contributed by atoms with Gasteiger partial charge < -0.3 is 10.1 Å². The maximum atomic E-state index is 5.54. The Morgan fingerprint density at radius 2 is 2.12 bits per heavy atom. The van der Waals surface area contributed by atoms with Crippen LogP contribution in [0.3, 0.4) is 0 Å². The molecule has 0 unspecified atom stereocenters. The Balaban J connectivity index is 2.03. The predicted molar refractivity (Wildman–Crippen MR) is 68.1 cm³/mol. The monoisotopic (exact) mass is 231 g/mol. The van der Waals surface area contributed by atoms with E-state index in [0.29, 0.717) is 13.2 Å². The molecule has 2 aromatic rings. The Labute approximate surface area is 101 Å². The first-order chi connectivity index (χ1) is 8.29. The lowest BCUT2D eigenvalue weighted by molar-refractivity contribution is 0.341. The van der Waals surface area contributed by atoms with Crippen LogP contribution in [0.15, 0.2) is 36.5 Å². The maximum Gasteiger partial charge on any atom is 0.142 e. The van der Waals surface area contributed by atoms with E-state index >= 15 is 0 Å². The molecule has 0 saturated carbocycles. The molecule has 1 heterocycles. The molecular formula is C13H17N3O. The van der Waals surface area contributed by atoms with Crippen LogP contribution in [-0.4, -0.2) is 16.4 Å². The fourth-order valence-electron chi connectivity index (χ4n) is 1.64. The zero-order valence-corrected chi connectivity index (χ0v) is 10.2. The van der Waals surface area contributed by atoms with E-state index in [1.807, 2.05) is 50.5 Å². The van der Waals surface area contributed by atoms with Crippen LogP contribution in [0.1, 0.15) is 12.6 Å². The molecule has 0 bridgehead atoms. The molecule has 0 spiro atoms. The van der Waals surface area contributed by atoms with Crippen molar-refractivity contribution in [1.29, 1.82) is 0 Å². The van der Waals surface area contributed by atoms with Crippen molar-refractivity contribution in [3.63, 3.8) is 0 Å². The lowest BCUT2D eigenvalue weighted by Crippen LogP contribution is -2.03. The highest BCUT2D eigenvalue weighted by atomic mass is 16.5. The van der Waals surface area contributed by atoms with Crippen molar-refractivity contribution in [2.75, 3.05) is 11.9 Å². The standard InChI is InChI=1S/C13H17N3O/c1-3-17-13-7-5-4-6-12(13)14-10-11-8-9-16(2)15-11/h4-9,14H,3,10H2,1-2H3. The minimum Gasteiger partial charge on any atom is -0.492 e. The van der Waals surface area contributed by atoms with Gasteiger partial charge in [0.05, 0.1) is 24.5 Å². The normalized spacial score (nSPS) is 10.2. The van der Waals surface area contributed by atoms with Gasteiger partial charge in [0, 0.05) is 13.2 Å². The number of nitrogens with one attached hydrogen (secondary N) is 1. The molecule has 0 saturated heterocycles. The van der Waals surface area contributed by atoms with Crippen molar-refractivity contribution < 1.29 is 4.74 Å². The summed E-state index contributed by atoms with van der Waals surface area (Å²) in [5.41, 5.74) is 2.01. The molecule has 2 rings (SSSR count). The summed E-state index contributed by atoms with van der Waals surface area (Å²) in [5, 5.41) is 7.64. The largest absolute Gasteiger partial charge is 0.492 e. The predicted octanol–water partition coefficient (Wildman–Crippen LogP) is 2.43. The van der Waals surface area contributed by atoms with E-state index in [1.54, 1.807) is 4.68 Å². The Morgan fingerprint density at radius 3 is 2.82 bits per heavy atom. The summed E-state index contributed by atoms with van der Waals surface area (Å²) in [5.74, 6) is 0.880. The summed E-state index contributed by atoms with van der Waals surface area (Å²) in [6, 6.07) is 9.93. The quantitative estimate of drug-likeness (QED) is 0.859. The molecule has 0 atom stereocenters. The number of ether oxygens (including phenoxy) is 1. The van der Waals surface area contributed by atoms with Crippen LogP contribution < -0.4 is 10.1 Å². The van der Waals surface area contributed by atoms with Gasteiger partial charge in [-0.15, -0.1) is 0 Å². The molecule has 4 nitrogen and oxygen atoms in total. The minimum atomic E-state index is 0.669. The third kappa shape index (κ3) is 3.00. The SMILES string of the molecule is CCOc1ccccc1NCc1ccn(C)n1. The molecule has 0 amide bonds. The average Bonchev–Trinajstić information content (AvgIpc) is 2.74. The molecule has 1 aromatic heterocycles.